The van der Waals surface area contributed by atoms with E-state index in [2.05, 4.69) is 30.6 Å². The molecule has 0 saturated carbocycles. The normalized spacial score (nSPS) is 15.1. The lowest BCUT2D eigenvalue weighted by molar-refractivity contribution is 0.0821. The van der Waals surface area contributed by atoms with Gasteiger partial charge in [0.05, 0.1) is 5.75 Å². The lowest BCUT2D eigenvalue weighted by atomic mass is 10.0. The molecule has 4 rings (SSSR count). The molecule has 0 bridgehead atoms. The van der Waals surface area contributed by atoms with Gasteiger partial charge < -0.3 is 9.47 Å². The van der Waals surface area contributed by atoms with Gasteiger partial charge in [0.2, 0.25) is 0 Å². The predicted octanol–water partition coefficient (Wildman–Crippen LogP) is 5.08. The molecule has 0 N–H and O–H groups in total. The Morgan fingerprint density at radius 2 is 1.94 bits per heavy atom. The van der Waals surface area contributed by atoms with Crippen molar-refractivity contribution in [2.75, 3.05) is 12.4 Å². The third kappa shape index (κ3) is 4.66. The highest BCUT2D eigenvalue weighted by Gasteiger charge is 2.28. The average molecular weight is 436 g/mol. The topological polar surface area (TPSA) is 66.2 Å². The number of hydrogen-bond acceptors (Lipinski definition) is 6. The second kappa shape index (κ2) is 9.39. The average Bonchev–Trinajstić information content (AvgIpc) is 3.20. The molecule has 0 radical (unpaired) electrons. The molecular formula is C24H25N3O3S. The van der Waals surface area contributed by atoms with E-state index >= 15 is 0 Å². The van der Waals surface area contributed by atoms with E-state index < -0.39 is 0 Å². The zero-order valence-corrected chi connectivity index (χ0v) is 18.5. The van der Waals surface area contributed by atoms with Crippen molar-refractivity contribution < 1.29 is 14.3 Å². The van der Waals surface area contributed by atoms with Gasteiger partial charge >= 0.3 is 0 Å². The Morgan fingerprint density at radius 1 is 1.19 bits per heavy atom. The van der Waals surface area contributed by atoms with Gasteiger partial charge in [-0.3, -0.25) is 9.36 Å². The quantitative estimate of drug-likeness (QED) is 0.279. The van der Waals surface area contributed by atoms with Crippen LogP contribution in [-0.4, -0.2) is 32.9 Å². The van der Waals surface area contributed by atoms with Crippen molar-refractivity contribution in [3.8, 4) is 11.5 Å². The molecule has 1 aromatic heterocycles. The Morgan fingerprint density at radius 3 is 2.65 bits per heavy atom. The lowest BCUT2D eigenvalue weighted by Gasteiger charge is -2.26. The van der Waals surface area contributed by atoms with Crippen LogP contribution in [0.5, 0.6) is 11.5 Å². The minimum absolute atomic E-state index is 0.0567. The van der Waals surface area contributed by atoms with E-state index in [1.807, 2.05) is 53.1 Å². The minimum Gasteiger partial charge on any atom is -0.485 e. The van der Waals surface area contributed by atoms with Crippen molar-refractivity contribution in [2.24, 2.45) is 0 Å². The van der Waals surface area contributed by atoms with Crippen LogP contribution in [0.1, 0.15) is 47.6 Å². The van der Waals surface area contributed by atoms with Crippen LogP contribution in [0.15, 0.2) is 66.3 Å². The fourth-order valence-electron chi connectivity index (χ4n) is 3.36. The van der Waals surface area contributed by atoms with Crippen LogP contribution in [0.2, 0.25) is 0 Å². The molecule has 1 atom stereocenters. The van der Waals surface area contributed by atoms with Gasteiger partial charge in [-0.05, 0) is 23.6 Å². The molecule has 3 aromatic rings. The van der Waals surface area contributed by atoms with Crippen LogP contribution in [0.3, 0.4) is 0 Å². The van der Waals surface area contributed by atoms with E-state index in [1.165, 1.54) is 17.3 Å². The summed E-state index contributed by atoms with van der Waals surface area (Å²) >= 11 is 1.37. The second-order valence-corrected chi connectivity index (χ2v) is 8.54. The second-order valence-electron chi connectivity index (χ2n) is 7.59. The summed E-state index contributed by atoms with van der Waals surface area (Å²) in [7, 11) is 0. The lowest BCUT2D eigenvalue weighted by Crippen LogP contribution is -2.25. The van der Waals surface area contributed by atoms with E-state index in [0.29, 0.717) is 41.4 Å². The molecule has 0 fully saturated rings. The van der Waals surface area contributed by atoms with Crippen LogP contribution in [0, 0.1) is 0 Å². The number of allylic oxidation sites excluding steroid dienone is 1. The monoisotopic (exact) mass is 435 g/mol. The molecule has 6 nitrogen and oxygen atoms in total. The predicted molar refractivity (Wildman–Crippen MR) is 121 cm³/mol. The number of para-hydroxylation sites is 2. The number of fused-ring (bicyclic) bond motifs is 1. The number of thioether (sulfide) groups is 1. The van der Waals surface area contributed by atoms with Gasteiger partial charge in [-0.1, -0.05) is 68.1 Å². The third-order valence-electron chi connectivity index (χ3n) is 5.09. The SMILES string of the molecule is C=CCn1c(SCC(=O)c2ccc(C(C)C)cc2)nnc1C1COc2ccccc2O1. The molecule has 31 heavy (non-hydrogen) atoms. The molecule has 7 heteroatoms. The van der Waals surface area contributed by atoms with Crippen molar-refractivity contribution in [1.29, 1.82) is 0 Å². The first kappa shape index (κ1) is 21.2. The zero-order chi connectivity index (χ0) is 21.8. The summed E-state index contributed by atoms with van der Waals surface area (Å²) in [4.78, 5) is 12.7. The third-order valence-corrected chi connectivity index (χ3v) is 6.05. The number of nitrogens with zero attached hydrogens (tertiary/aromatic N) is 3. The van der Waals surface area contributed by atoms with Gasteiger partial charge in [0.15, 0.2) is 34.4 Å². The maximum Gasteiger partial charge on any atom is 0.192 e. The molecular weight excluding hydrogens is 410 g/mol. The van der Waals surface area contributed by atoms with Crippen LogP contribution in [0.4, 0.5) is 0 Å². The van der Waals surface area contributed by atoms with Crippen molar-refractivity contribution in [2.45, 2.75) is 37.6 Å². The maximum absolute atomic E-state index is 12.7. The molecule has 160 valence electrons. The number of hydrogen-bond donors (Lipinski definition) is 0. The Balaban J connectivity index is 1.47. The first-order valence-electron chi connectivity index (χ1n) is 10.2. The summed E-state index contributed by atoms with van der Waals surface area (Å²) in [6.45, 7) is 8.97. The molecule has 0 amide bonds. The Hall–Kier alpha value is -3.06. The summed E-state index contributed by atoms with van der Waals surface area (Å²) in [5, 5.41) is 9.31. The van der Waals surface area contributed by atoms with Gasteiger partial charge in [0.25, 0.3) is 0 Å². The molecule has 0 spiro atoms. The summed E-state index contributed by atoms with van der Waals surface area (Å²) in [6, 6.07) is 15.4. The van der Waals surface area contributed by atoms with Crippen LogP contribution in [-0.2, 0) is 6.54 Å². The number of ether oxygens (including phenoxy) is 2. The van der Waals surface area contributed by atoms with Crippen LogP contribution >= 0.6 is 11.8 Å². The van der Waals surface area contributed by atoms with Crippen molar-refractivity contribution in [1.82, 2.24) is 14.8 Å². The summed E-state index contributed by atoms with van der Waals surface area (Å²) in [5.41, 5.74) is 1.92. The molecule has 2 heterocycles. The zero-order valence-electron chi connectivity index (χ0n) is 17.7. The first-order valence-corrected chi connectivity index (χ1v) is 11.2. The summed E-state index contributed by atoms with van der Waals surface area (Å²) < 4.78 is 13.8. The number of carbonyl (C=O) groups excluding carboxylic acids is 1. The van der Waals surface area contributed by atoms with E-state index in [4.69, 9.17) is 9.47 Å². The number of Topliss-reactive ketones (excluding diaryl/α,β-unsaturated/α-hetero) is 1. The molecule has 0 aliphatic carbocycles. The van der Waals surface area contributed by atoms with Crippen molar-refractivity contribution in [3.63, 3.8) is 0 Å². The standard InChI is InChI=1S/C24H25N3O3S/c1-4-13-27-23(22-14-29-20-7-5-6-8-21(20)30-22)25-26-24(27)31-15-19(28)18-11-9-17(10-12-18)16(2)3/h4-12,16,22H,1,13-15H2,2-3H3. The molecule has 2 aromatic carbocycles. The van der Waals surface area contributed by atoms with E-state index in [0.717, 1.165) is 5.75 Å². The van der Waals surface area contributed by atoms with E-state index in [1.54, 1.807) is 6.08 Å². The summed E-state index contributed by atoms with van der Waals surface area (Å²) in [6.07, 6.45) is 1.40. The van der Waals surface area contributed by atoms with Gasteiger partial charge in [-0.25, -0.2) is 0 Å². The molecule has 1 unspecified atom stereocenters. The molecule has 0 saturated heterocycles. The number of carbonyl (C=O) groups is 1. The van der Waals surface area contributed by atoms with Gasteiger partial charge in [-0.2, -0.15) is 0 Å². The highest BCUT2D eigenvalue weighted by molar-refractivity contribution is 7.99. The van der Waals surface area contributed by atoms with Crippen molar-refractivity contribution >= 4 is 17.5 Å². The Labute approximate surface area is 186 Å². The maximum atomic E-state index is 12.7. The van der Waals surface area contributed by atoms with Crippen LogP contribution < -0.4 is 9.47 Å². The van der Waals surface area contributed by atoms with Gasteiger partial charge in [0, 0.05) is 12.1 Å². The van der Waals surface area contributed by atoms with Crippen LogP contribution in [0.25, 0.3) is 0 Å². The highest BCUT2D eigenvalue weighted by Crippen LogP contribution is 2.36. The fraction of sp³-hybridized carbons (Fsp3) is 0.292. The number of aromatic nitrogens is 3. The molecule has 1 aliphatic rings. The largest absolute Gasteiger partial charge is 0.485 e. The number of ketones is 1. The summed E-state index contributed by atoms with van der Waals surface area (Å²) in [5.74, 6) is 2.83. The fourth-order valence-corrected chi connectivity index (χ4v) is 4.21. The number of rotatable bonds is 8. The van der Waals surface area contributed by atoms with Crippen molar-refractivity contribution in [3.05, 3.63) is 78.1 Å². The minimum atomic E-state index is -0.379. The Kier molecular flexibility index (Phi) is 6.42. The van der Waals surface area contributed by atoms with Gasteiger partial charge in [0.1, 0.15) is 6.61 Å². The highest BCUT2D eigenvalue weighted by atomic mass is 32.2. The smallest absolute Gasteiger partial charge is 0.192 e. The first-order chi connectivity index (χ1) is 15.1. The number of benzene rings is 2. The molecule has 1 aliphatic heterocycles. The van der Waals surface area contributed by atoms with E-state index in [9.17, 15) is 4.79 Å². The van der Waals surface area contributed by atoms with E-state index in [-0.39, 0.29) is 17.6 Å². The Bertz CT molecular complexity index is 1080. The van der Waals surface area contributed by atoms with Gasteiger partial charge in [-0.15, -0.1) is 16.8 Å².